The molecule has 4 rings (SSSR count). The van der Waals surface area contributed by atoms with Gasteiger partial charge in [-0.1, -0.05) is 49.7 Å². The predicted octanol–water partition coefficient (Wildman–Crippen LogP) is 5.30. The van der Waals surface area contributed by atoms with Gasteiger partial charge in [-0.3, -0.25) is 0 Å². The topological polar surface area (TPSA) is 53.4 Å². The van der Waals surface area contributed by atoms with Gasteiger partial charge >= 0.3 is 5.97 Å². The van der Waals surface area contributed by atoms with Gasteiger partial charge in [-0.15, -0.1) is 0 Å². The minimum Gasteiger partial charge on any atom is -0.480 e. The number of rotatable bonds is 6. The molecule has 2 heterocycles. The Morgan fingerprint density at radius 3 is 2.75 bits per heavy atom. The molecule has 1 unspecified atom stereocenters. The molecule has 4 heteroatoms. The zero-order valence-electron chi connectivity index (χ0n) is 16.3. The summed E-state index contributed by atoms with van der Waals surface area (Å²) >= 11 is 0. The number of carboxylic acids is 1. The van der Waals surface area contributed by atoms with E-state index in [-0.39, 0.29) is 0 Å². The first kappa shape index (κ1) is 18.5. The Hall–Kier alpha value is -2.88. The van der Waals surface area contributed by atoms with Gasteiger partial charge in [0.05, 0.1) is 5.52 Å². The van der Waals surface area contributed by atoms with E-state index in [1.807, 2.05) is 23.1 Å². The van der Waals surface area contributed by atoms with Crippen LogP contribution in [0.25, 0.3) is 22.0 Å². The molecule has 4 nitrogen and oxygen atoms in total. The highest BCUT2D eigenvalue weighted by Crippen LogP contribution is 2.34. The Morgan fingerprint density at radius 1 is 1.18 bits per heavy atom. The Morgan fingerprint density at radius 2 is 2.00 bits per heavy atom. The second-order valence-electron chi connectivity index (χ2n) is 7.54. The molecule has 1 fully saturated rings. The smallest absolute Gasteiger partial charge is 0.326 e. The highest BCUT2D eigenvalue weighted by Gasteiger charge is 2.31. The van der Waals surface area contributed by atoms with Crippen LogP contribution in [0.5, 0.6) is 0 Å². The van der Waals surface area contributed by atoms with Gasteiger partial charge in [-0.25, -0.2) is 9.78 Å². The van der Waals surface area contributed by atoms with E-state index in [2.05, 4.69) is 43.3 Å². The van der Waals surface area contributed by atoms with Crippen LogP contribution in [-0.2, 0) is 11.2 Å². The van der Waals surface area contributed by atoms with Crippen LogP contribution in [0, 0.1) is 0 Å². The van der Waals surface area contributed by atoms with Crippen LogP contribution in [0.2, 0.25) is 0 Å². The number of anilines is 1. The molecule has 1 aromatic heterocycles. The summed E-state index contributed by atoms with van der Waals surface area (Å²) in [7, 11) is 0. The van der Waals surface area contributed by atoms with Gasteiger partial charge in [0.25, 0.3) is 0 Å². The van der Waals surface area contributed by atoms with Crippen LogP contribution in [0.4, 0.5) is 5.82 Å². The van der Waals surface area contributed by atoms with Crippen molar-refractivity contribution in [3.8, 4) is 11.1 Å². The number of fused-ring (bicyclic) bond motifs is 1. The number of benzene rings is 2. The molecule has 2 aromatic carbocycles. The van der Waals surface area contributed by atoms with Crippen molar-refractivity contribution >= 4 is 22.7 Å². The third-order valence-corrected chi connectivity index (χ3v) is 5.60. The third-order valence-electron chi connectivity index (χ3n) is 5.60. The number of hydrogen-bond donors (Lipinski definition) is 1. The molecular formula is C24H26N2O2. The number of aryl methyl sites for hydroxylation is 1. The van der Waals surface area contributed by atoms with E-state index in [1.165, 1.54) is 18.4 Å². The standard InChI is InChI=1S/C24H26N2O2/c1-2-3-8-17-12-13-21-20(15-17)19(18-9-5-4-6-10-18)16-23(25-21)26-14-7-11-22(26)24(27)28/h4-6,9-10,12-13,15-16,22H,2-3,7-8,11,14H2,1H3,(H,27,28). The lowest BCUT2D eigenvalue weighted by molar-refractivity contribution is -0.138. The summed E-state index contributed by atoms with van der Waals surface area (Å²) in [6.45, 7) is 2.94. The summed E-state index contributed by atoms with van der Waals surface area (Å²) in [5.41, 5.74) is 4.50. The third kappa shape index (κ3) is 3.59. The zero-order valence-corrected chi connectivity index (χ0v) is 16.3. The molecule has 1 atom stereocenters. The maximum atomic E-state index is 11.7. The van der Waals surface area contributed by atoms with Gasteiger partial charge in [-0.05, 0) is 60.6 Å². The van der Waals surface area contributed by atoms with Crippen LogP contribution in [0.15, 0.2) is 54.6 Å². The van der Waals surface area contributed by atoms with Gasteiger partial charge in [0.15, 0.2) is 0 Å². The summed E-state index contributed by atoms with van der Waals surface area (Å²) in [6, 6.07) is 18.4. The number of carboxylic acid groups (broad SMARTS) is 1. The van der Waals surface area contributed by atoms with Crippen molar-refractivity contribution in [2.24, 2.45) is 0 Å². The highest BCUT2D eigenvalue weighted by molar-refractivity contribution is 5.97. The molecule has 144 valence electrons. The van der Waals surface area contributed by atoms with E-state index >= 15 is 0 Å². The van der Waals surface area contributed by atoms with Crippen LogP contribution >= 0.6 is 0 Å². The molecule has 0 bridgehead atoms. The van der Waals surface area contributed by atoms with E-state index in [4.69, 9.17) is 4.98 Å². The molecule has 1 aliphatic heterocycles. The monoisotopic (exact) mass is 374 g/mol. The first-order valence-corrected chi connectivity index (χ1v) is 10.2. The fourth-order valence-corrected chi connectivity index (χ4v) is 4.10. The van der Waals surface area contributed by atoms with Crippen LogP contribution in [-0.4, -0.2) is 28.6 Å². The predicted molar refractivity (Wildman–Crippen MR) is 114 cm³/mol. The molecule has 0 spiro atoms. The molecule has 1 saturated heterocycles. The van der Waals surface area contributed by atoms with Gasteiger partial charge in [0, 0.05) is 11.9 Å². The highest BCUT2D eigenvalue weighted by atomic mass is 16.4. The zero-order chi connectivity index (χ0) is 19.5. The average molecular weight is 374 g/mol. The van der Waals surface area contributed by atoms with E-state index < -0.39 is 12.0 Å². The quantitative estimate of drug-likeness (QED) is 0.636. The van der Waals surface area contributed by atoms with E-state index in [0.717, 1.165) is 47.2 Å². The summed E-state index contributed by atoms with van der Waals surface area (Å²) in [4.78, 5) is 18.5. The Bertz CT molecular complexity index is 985. The first-order valence-electron chi connectivity index (χ1n) is 10.2. The van der Waals surface area contributed by atoms with Crippen LogP contribution < -0.4 is 4.90 Å². The SMILES string of the molecule is CCCCc1ccc2nc(N3CCCC3C(=O)O)cc(-c3ccccc3)c2c1. The number of pyridine rings is 1. The fourth-order valence-electron chi connectivity index (χ4n) is 4.10. The van der Waals surface area contributed by atoms with Gasteiger partial charge < -0.3 is 10.0 Å². The molecule has 3 aromatic rings. The normalized spacial score (nSPS) is 16.6. The fraction of sp³-hybridized carbons (Fsp3) is 0.333. The average Bonchev–Trinajstić information content (AvgIpc) is 3.22. The van der Waals surface area contributed by atoms with Gasteiger partial charge in [0.1, 0.15) is 11.9 Å². The lowest BCUT2D eigenvalue weighted by Gasteiger charge is -2.24. The van der Waals surface area contributed by atoms with Crippen LogP contribution in [0.3, 0.4) is 0 Å². The maximum absolute atomic E-state index is 11.7. The molecule has 28 heavy (non-hydrogen) atoms. The van der Waals surface area contributed by atoms with Crippen molar-refractivity contribution in [1.29, 1.82) is 0 Å². The second-order valence-corrected chi connectivity index (χ2v) is 7.54. The summed E-state index contributed by atoms with van der Waals surface area (Å²) in [5, 5.41) is 10.7. The molecule has 1 N–H and O–H groups in total. The largest absolute Gasteiger partial charge is 0.480 e. The molecule has 1 aliphatic rings. The number of aromatic nitrogens is 1. The molecule has 0 aliphatic carbocycles. The number of carbonyl (C=O) groups is 1. The maximum Gasteiger partial charge on any atom is 0.326 e. The van der Waals surface area contributed by atoms with Crippen molar-refractivity contribution < 1.29 is 9.90 Å². The van der Waals surface area contributed by atoms with Crippen molar-refractivity contribution in [3.05, 3.63) is 60.2 Å². The number of hydrogen-bond acceptors (Lipinski definition) is 3. The lowest BCUT2D eigenvalue weighted by Crippen LogP contribution is -2.36. The summed E-state index contributed by atoms with van der Waals surface area (Å²) in [5.74, 6) is -0.00636. The van der Waals surface area contributed by atoms with E-state index in [9.17, 15) is 9.90 Å². The number of aliphatic carboxylic acids is 1. The Balaban J connectivity index is 1.86. The lowest BCUT2D eigenvalue weighted by atomic mass is 9.98. The Kier molecular flexibility index (Phi) is 5.29. The van der Waals surface area contributed by atoms with Crippen molar-refractivity contribution in [2.75, 3.05) is 11.4 Å². The molecule has 0 radical (unpaired) electrons. The van der Waals surface area contributed by atoms with Gasteiger partial charge in [-0.2, -0.15) is 0 Å². The minimum atomic E-state index is -0.768. The van der Waals surface area contributed by atoms with Crippen molar-refractivity contribution in [2.45, 2.75) is 45.1 Å². The summed E-state index contributed by atoms with van der Waals surface area (Å²) < 4.78 is 0. The second kappa shape index (κ2) is 8.01. The summed E-state index contributed by atoms with van der Waals surface area (Å²) in [6.07, 6.45) is 4.96. The Labute approximate surface area is 165 Å². The van der Waals surface area contributed by atoms with Crippen molar-refractivity contribution in [3.63, 3.8) is 0 Å². The number of nitrogens with zero attached hydrogens (tertiary/aromatic N) is 2. The molecule has 0 amide bonds. The van der Waals surface area contributed by atoms with Crippen molar-refractivity contribution in [1.82, 2.24) is 4.98 Å². The van der Waals surface area contributed by atoms with Gasteiger partial charge in [0.2, 0.25) is 0 Å². The van der Waals surface area contributed by atoms with Crippen LogP contribution in [0.1, 0.15) is 38.2 Å². The van der Waals surface area contributed by atoms with E-state index in [1.54, 1.807) is 0 Å². The molecule has 0 saturated carbocycles. The number of unbranched alkanes of at least 4 members (excludes halogenated alkanes) is 1. The van der Waals surface area contributed by atoms with E-state index in [0.29, 0.717) is 6.42 Å². The minimum absolute atomic E-state index is 0.489. The first-order chi connectivity index (χ1) is 13.7. The molecular weight excluding hydrogens is 348 g/mol.